The first-order valence-electron chi connectivity index (χ1n) is 8.08. The van der Waals surface area contributed by atoms with Crippen molar-refractivity contribution in [3.63, 3.8) is 0 Å². The molecule has 0 saturated carbocycles. The molecule has 3 aromatic rings. The van der Waals surface area contributed by atoms with Crippen molar-refractivity contribution in [3.05, 3.63) is 82.0 Å². The lowest BCUT2D eigenvalue weighted by atomic mass is 10.2. The van der Waals surface area contributed by atoms with Crippen LogP contribution in [0.5, 0.6) is 0 Å². The van der Waals surface area contributed by atoms with Crippen molar-refractivity contribution in [2.24, 2.45) is 10.2 Å². The Labute approximate surface area is 176 Å². The zero-order chi connectivity index (χ0) is 22.8. The van der Waals surface area contributed by atoms with E-state index in [-0.39, 0.29) is 21.7 Å². The van der Waals surface area contributed by atoms with Gasteiger partial charge in [0, 0.05) is 11.6 Å². The Hall–Kier alpha value is -3.32. The molecule has 162 valence electrons. The molecule has 1 aromatic heterocycles. The third-order valence-electron chi connectivity index (χ3n) is 3.72. The predicted octanol–water partition coefficient (Wildman–Crippen LogP) is 3.39. The first kappa shape index (κ1) is 22.4. The van der Waals surface area contributed by atoms with Crippen LogP contribution in [0.4, 0.5) is 27.6 Å². The van der Waals surface area contributed by atoms with Gasteiger partial charge in [0.2, 0.25) is 5.82 Å². The molecule has 0 unspecified atom stereocenters. The smallest absolute Gasteiger partial charge is 0.271 e. The average molecular weight is 474 g/mol. The van der Waals surface area contributed by atoms with Gasteiger partial charge in [0.25, 0.3) is 10.0 Å². The number of thiophene rings is 1. The van der Waals surface area contributed by atoms with Gasteiger partial charge in [-0.15, -0.1) is 11.3 Å². The summed E-state index contributed by atoms with van der Waals surface area (Å²) in [6.45, 7) is 0. The molecule has 0 radical (unpaired) electrons. The normalized spacial score (nSPS) is 12.5. The summed E-state index contributed by atoms with van der Waals surface area (Å²) in [6, 6.07) is 7.91. The van der Waals surface area contributed by atoms with Gasteiger partial charge in [-0.1, -0.05) is 18.2 Å². The molecule has 31 heavy (non-hydrogen) atoms. The standard InChI is InChI=1S/C18H10F5N3O3S2/c19-13-11(14(20)16(22)17(23)15(13)21)8-24-25-18(27)9-3-5-10(6-4-9)26-31(28,29)12-2-1-7-30-12/h1-8,26H,(H,25,27)/p-1/b24-8-. The van der Waals surface area contributed by atoms with Gasteiger partial charge in [-0.2, -0.15) is 10.2 Å². The predicted molar refractivity (Wildman–Crippen MR) is 102 cm³/mol. The molecular formula is C18H9F5N3O3S2-. The van der Waals surface area contributed by atoms with Gasteiger partial charge in [0.15, 0.2) is 23.3 Å². The summed E-state index contributed by atoms with van der Waals surface area (Å²) in [5, 5.41) is 19.7. The molecule has 0 atom stereocenters. The van der Waals surface area contributed by atoms with Crippen molar-refractivity contribution in [3.8, 4) is 0 Å². The molecule has 0 fully saturated rings. The van der Waals surface area contributed by atoms with Gasteiger partial charge in [0.05, 0.1) is 11.8 Å². The highest BCUT2D eigenvalue weighted by Crippen LogP contribution is 2.22. The quantitative estimate of drug-likeness (QED) is 0.148. The molecule has 13 heteroatoms. The second kappa shape index (κ2) is 8.81. The van der Waals surface area contributed by atoms with Crippen LogP contribution in [0.15, 0.2) is 56.2 Å². The van der Waals surface area contributed by atoms with E-state index in [1.165, 1.54) is 30.3 Å². The fraction of sp³-hybridized carbons (Fsp3) is 0. The lowest BCUT2D eigenvalue weighted by Gasteiger charge is -2.10. The first-order valence-corrected chi connectivity index (χ1v) is 10.4. The van der Waals surface area contributed by atoms with Crippen molar-refractivity contribution in [1.29, 1.82) is 0 Å². The van der Waals surface area contributed by atoms with E-state index in [0.29, 0.717) is 0 Å². The molecule has 1 heterocycles. The number of nitrogens with zero attached hydrogens (tertiary/aromatic N) is 2. The maximum Gasteiger partial charge on any atom is 0.271 e. The van der Waals surface area contributed by atoms with E-state index in [1.54, 1.807) is 11.4 Å². The van der Waals surface area contributed by atoms with Gasteiger partial charge >= 0.3 is 0 Å². The number of hydrogen-bond donors (Lipinski definition) is 1. The first-order chi connectivity index (χ1) is 14.6. The van der Waals surface area contributed by atoms with Crippen LogP contribution in [0.2, 0.25) is 0 Å². The van der Waals surface area contributed by atoms with Crippen LogP contribution < -0.4 is 9.83 Å². The monoisotopic (exact) mass is 474 g/mol. The number of hydrogen-bond acceptors (Lipinski definition) is 6. The van der Waals surface area contributed by atoms with Crippen molar-refractivity contribution < 1.29 is 35.5 Å². The summed E-state index contributed by atoms with van der Waals surface area (Å²) >= 11 is 1.01. The van der Waals surface area contributed by atoms with E-state index in [1.807, 2.05) is 0 Å². The van der Waals surface area contributed by atoms with Crippen LogP contribution in [0.3, 0.4) is 0 Å². The number of halogens is 5. The minimum atomic E-state index is -3.79. The van der Waals surface area contributed by atoms with Gasteiger partial charge in [0.1, 0.15) is 4.21 Å². The van der Waals surface area contributed by atoms with Crippen LogP contribution in [-0.2, 0) is 10.0 Å². The molecule has 2 aromatic carbocycles. The second-order valence-electron chi connectivity index (χ2n) is 5.75. The second-order valence-corrected chi connectivity index (χ2v) is 8.61. The molecule has 0 bridgehead atoms. The Balaban J connectivity index is 1.77. The average Bonchev–Trinajstić information content (AvgIpc) is 3.29. The maximum absolute atomic E-state index is 13.5. The van der Waals surface area contributed by atoms with Crippen molar-refractivity contribution >= 4 is 39.2 Å². The van der Waals surface area contributed by atoms with Gasteiger partial charge < -0.3 is 5.11 Å². The van der Waals surface area contributed by atoms with Crippen LogP contribution in [0, 0.1) is 29.1 Å². The number of sulfonamides is 1. The van der Waals surface area contributed by atoms with Gasteiger partial charge in [-0.05, 0) is 29.1 Å². The molecule has 0 aliphatic rings. The Morgan fingerprint density at radius 1 is 0.935 bits per heavy atom. The van der Waals surface area contributed by atoms with Gasteiger partial charge in [-0.25, -0.2) is 30.4 Å². The number of rotatable bonds is 6. The highest BCUT2D eigenvalue weighted by atomic mass is 32.2. The van der Waals surface area contributed by atoms with Crippen LogP contribution >= 0.6 is 11.3 Å². The van der Waals surface area contributed by atoms with E-state index < -0.39 is 50.6 Å². The van der Waals surface area contributed by atoms with Crippen molar-refractivity contribution in [2.45, 2.75) is 4.21 Å². The molecule has 0 aliphatic heterocycles. The third kappa shape index (κ3) is 4.72. The molecule has 0 spiro atoms. The molecule has 1 N–H and O–H groups in total. The summed E-state index contributed by atoms with van der Waals surface area (Å²) in [5.41, 5.74) is -1.28. The topological polar surface area (TPSA) is 94.0 Å². The zero-order valence-electron chi connectivity index (χ0n) is 14.9. The summed E-state index contributed by atoms with van der Waals surface area (Å²) < 4.78 is 93.0. The van der Waals surface area contributed by atoms with E-state index in [9.17, 15) is 35.5 Å². The van der Waals surface area contributed by atoms with Crippen molar-refractivity contribution in [1.82, 2.24) is 0 Å². The molecule has 0 saturated heterocycles. The summed E-state index contributed by atoms with van der Waals surface area (Å²) in [7, 11) is -3.79. The molecule has 3 rings (SSSR count). The SMILES string of the molecule is O=S(=O)(Nc1ccc(C([O-])=N/N=C\c2c(F)c(F)c(F)c(F)c2F)cc1)c1cccs1. The summed E-state index contributed by atoms with van der Waals surface area (Å²) in [6.07, 6.45) is 0.220. The maximum atomic E-state index is 13.5. The zero-order valence-corrected chi connectivity index (χ0v) is 16.6. The molecular weight excluding hydrogens is 465 g/mol. The highest BCUT2D eigenvalue weighted by molar-refractivity contribution is 7.94. The fourth-order valence-corrected chi connectivity index (χ4v) is 4.29. The Morgan fingerprint density at radius 3 is 2.06 bits per heavy atom. The largest absolute Gasteiger partial charge is 0.857 e. The summed E-state index contributed by atoms with van der Waals surface area (Å²) in [4.78, 5) is 0. The van der Waals surface area contributed by atoms with Crippen LogP contribution in [0.25, 0.3) is 0 Å². The highest BCUT2D eigenvalue weighted by Gasteiger charge is 2.24. The Kier molecular flexibility index (Phi) is 6.36. The van der Waals surface area contributed by atoms with E-state index in [0.717, 1.165) is 11.3 Å². The minimum absolute atomic E-state index is 0.0753. The Morgan fingerprint density at radius 2 is 1.52 bits per heavy atom. The van der Waals surface area contributed by atoms with E-state index in [4.69, 9.17) is 0 Å². The lowest BCUT2D eigenvalue weighted by molar-refractivity contribution is -0.213. The van der Waals surface area contributed by atoms with Crippen molar-refractivity contribution in [2.75, 3.05) is 4.72 Å². The molecule has 6 nitrogen and oxygen atoms in total. The van der Waals surface area contributed by atoms with Gasteiger partial charge in [-0.3, -0.25) is 4.72 Å². The number of benzene rings is 2. The molecule has 0 amide bonds. The van der Waals surface area contributed by atoms with Crippen LogP contribution in [-0.4, -0.2) is 20.5 Å². The molecule has 0 aliphatic carbocycles. The lowest BCUT2D eigenvalue weighted by Crippen LogP contribution is -2.18. The number of anilines is 1. The minimum Gasteiger partial charge on any atom is -0.857 e. The fourth-order valence-electron chi connectivity index (χ4n) is 2.23. The Bertz CT molecular complexity index is 1250. The number of nitrogens with one attached hydrogen (secondary N) is 1. The third-order valence-corrected chi connectivity index (χ3v) is 6.50. The van der Waals surface area contributed by atoms with Crippen LogP contribution in [0.1, 0.15) is 11.1 Å². The summed E-state index contributed by atoms with van der Waals surface area (Å²) in [5.74, 6) is -11.9. The van der Waals surface area contributed by atoms with E-state index in [2.05, 4.69) is 14.9 Å². The van der Waals surface area contributed by atoms with E-state index >= 15 is 0 Å².